The second-order valence-electron chi connectivity index (χ2n) is 9.96. The van der Waals surface area contributed by atoms with Crippen molar-refractivity contribution in [2.24, 2.45) is 0 Å². The van der Waals surface area contributed by atoms with Gasteiger partial charge in [0.05, 0.1) is 44.1 Å². The fourth-order valence-electron chi connectivity index (χ4n) is 4.38. The van der Waals surface area contributed by atoms with Gasteiger partial charge in [-0.1, -0.05) is 23.9 Å². The van der Waals surface area contributed by atoms with Crippen molar-refractivity contribution < 1.29 is 37.8 Å². The molecular weight excluding hydrogens is 650 g/mol. The Hall–Kier alpha value is -4.76. The van der Waals surface area contributed by atoms with Gasteiger partial charge in [0.1, 0.15) is 21.4 Å². The molecule has 2 N–H and O–H groups in total. The summed E-state index contributed by atoms with van der Waals surface area (Å²) in [7, 11) is 1.56. The van der Waals surface area contributed by atoms with Crippen LogP contribution in [0.15, 0.2) is 53.7 Å². The monoisotopic (exact) mass is 683 g/mol. The summed E-state index contributed by atoms with van der Waals surface area (Å²) in [5, 5.41) is 13.8. The fourth-order valence-corrected chi connectivity index (χ4v) is 6.35. The number of aromatic nitrogens is 3. The number of benzene rings is 2. The molecule has 248 valence electrons. The van der Waals surface area contributed by atoms with Gasteiger partial charge in [-0.25, -0.2) is 14.0 Å². The molecule has 2 aromatic carbocycles. The lowest BCUT2D eigenvalue weighted by Crippen LogP contribution is -2.26. The van der Waals surface area contributed by atoms with Gasteiger partial charge in [0, 0.05) is 5.69 Å². The average Bonchev–Trinajstić information content (AvgIpc) is 3.60. The van der Waals surface area contributed by atoms with Gasteiger partial charge in [-0.05, 0) is 75.2 Å². The summed E-state index contributed by atoms with van der Waals surface area (Å²) in [4.78, 5) is 51.6. The van der Waals surface area contributed by atoms with Crippen LogP contribution < -0.4 is 15.4 Å². The molecule has 0 radical (unpaired) electrons. The maximum Gasteiger partial charge on any atom is 0.348 e. The van der Waals surface area contributed by atoms with Crippen molar-refractivity contribution in [3.05, 3.63) is 81.7 Å². The van der Waals surface area contributed by atoms with E-state index >= 15 is 0 Å². The van der Waals surface area contributed by atoms with Crippen LogP contribution in [-0.2, 0) is 32.0 Å². The summed E-state index contributed by atoms with van der Waals surface area (Å²) in [6, 6.07) is 12.8. The molecule has 0 saturated heterocycles. The number of thioether (sulfide) groups is 1. The lowest BCUT2D eigenvalue weighted by Gasteiger charge is -2.14. The minimum Gasteiger partial charge on any atom is -0.497 e. The van der Waals surface area contributed by atoms with Crippen LogP contribution in [0.5, 0.6) is 5.75 Å². The van der Waals surface area contributed by atoms with Crippen molar-refractivity contribution in [2.45, 2.75) is 51.1 Å². The van der Waals surface area contributed by atoms with E-state index in [1.165, 1.54) is 24.3 Å². The number of carbonyl (C=O) groups excluding carboxylic acids is 4. The molecule has 0 fully saturated rings. The molecule has 0 aliphatic rings. The van der Waals surface area contributed by atoms with E-state index in [1.54, 1.807) is 63.6 Å². The summed E-state index contributed by atoms with van der Waals surface area (Å²) in [5.74, 6) is -1.43. The largest absolute Gasteiger partial charge is 0.497 e. The second-order valence-corrected chi connectivity index (χ2v) is 12.3. The Balaban J connectivity index is 1.54. The van der Waals surface area contributed by atoms with Crippen molar-refractivity contribution in [3.63, 3.8) is 0 Å². The smallest absolute Gasteiger partial charge is 0.348 e. The number of anilines is 1. The van der Waals surface area contributed by atoms with Gasteiger partial charge < -0.3 is 24.8 Å². The predicted octanol–water partition coefficient (Wildman–Crippen LogP) is 5.12. The summed E-state index contributed by atoms with van der Waals surface area (Å²) >= 11 is 1.99. The van der Waals surface area contributed by atoms with E-state index in [9.17, 15) is 23.6 Å². The van der Waals surface area contributed by atoms with E-state index in [0.717, 1.165) is 28.7 Å². The van der Waals surface area contributed by atoms with Crippen LogP contribution in [0.2, 0.25) is 0 Å². The molecule has 0 saturated carbocycles. The molecule has 0 aliphatic heterocycles. The topological polar surface area (TPSA) is 151 Å². The zero-order chi connectivity index (χ0) is 34.1. The standard InChI is InChI=1S/C32H34FN5O7S2/c1-6-44-30(41)26-18(3)27(31(42)45-7-2)47-29(26)35-28(40)19(4)46-32-37-36-24(38(32)22-12-10-21(33)11-13-22)17-34-25(39)16-20-8-14-23(43-5)15-9-20/h8-15,19H,6-7,16-17H2,1-5H3,(H,34,39)(H,35,40)/t19-/m1/s1. The first kappa shape index (κ1) is 35.1. The molecule has 15 heteroatoms. The Kier molecular flexibility index (Phi) is 12.1. The van der Waals surface area contributed by atoms with Gasteiger partial charge in [-0.3, -0.25) is 14.2 Å². The van der Waals surface area contributed by atoms with E-state index in [1.807, 2.05) is 0 Å². The minimum absolute atomic E-state index is 0.00844. The predicted molar refractivity (Wildman–Crippen MR) is 175 cm³/mol. The number of hydrogen-bond acceptors (Lipinski definition) is 11. The molecule has 0 spiro atoms. The lowest BCUT2D eigenvalue weighted by atomic mass is 10.1. The Morgan fingerprint density at radius 3 is 2.28 bits per heavy atom. The summed E-state index contributed by atoms with van der Waals surface area (Å²) < 4.78 is 30.9. The molecule has 12 nitrogen and oxygen atoms in total. The molecule has 47 heavy (non-hydrogen) atoms. The van der Waals surface area contributed by atoms with E-state index < -0.39 is 28.9 Å². The number of methoxy groups -OCH3 is 1. The lowest BCUT2D eigenvalue weighted by molar-refractivity contribution is -0.120. The van der Waals surface area contributed by atoms with E-state index in [2.05, 4.69) is 20.8 Å². The highest BCUT2D eigenvalue weighted by Crippen LogP contribution is 2.35. The van der Waals surface area contributed by atoms with Gasteiger partial charge in [0.15, 0.2) is 11.0 Å². The number of amides is 2. The Morgan fingerprint density at radius 2 is 1.64 bits per heavy atom. The summed E-state index contributed by atoms with van der Waals surface area (Å²) in [6.45, 7) is 6.80. The fraction of sp³-hybridized carbons (Fsp3) is 0.312. The van der Waals surface area contributed by atoms with Crippen LogP contribution in [0, 0.1) is 12.7 Å². The van der Waals surface area contributed by atoms with Crippen LogP contribution in [0.25, 0.3) is 5.69 Å². The summed E-state index contributed by atoms with van der Waals surface area (Å²) in [5.41, 5.74) is 1.73. The third-order valence-corrected chi connectivity index (χ3v) is 8.96. The Bertz CT molecular complexity index is 1740. The third kappa shape index (κ3) is 8.74. The second kappa shape index (κ2) is 16.2. The van der Waals surface area contributed by atoms with Crippen LogP contribution in [-0.4, -0.2) is 64.1 Å². The number of nitrogens with zero attached hydrogens (tertiary/aromatic N) is 3. The van der Waals surface area contributed by atoms with Gasteiger partial charge in [0.2, 0.25) is 11.8 Å². The number of carbonyl (C=O) groups is 4. The highest BCUT2D eigenvalue weighted by Gasteiger charge is 2.29. The molecule has 2 heterocycles. The maximum atomic E-state index is 13.8. The van der Waals surface area contributed by atoms with Crippen LogP contribution >= 0.6 is 23.1 Å². The number of rotatable bonds is 14. The summed E-state index contributed by atoms with van der Waals surface area (Å²) in [6.07, 6.45) is 0.126. The van der Waals surface area contributed by atoms with Gasteiger partial charge in [-0.2, -0.15) is 0 Å². The highest BCUT2D eigenvalue weighted by atomic mass is 32.2. The number of halogens is 1. The molecule has 4 aromatic rings. The van der Waals surface area contributed by atoms with Crippen molar-refractivity contribution in [1.82, 2.24) is 20.1 Å². The number of thiophene rings is 1. The molecule has 2 amide bonds. The molecule has 2 aromatic heterocycles. The minimum atomic E-state index is -0.778. The van der Waals surface area contributed by atoms with Crippen LogP contribution in [0.3, 0.4) is 0 Å². The van der Waals surface area contributed by atoms with Crippen LogP contribution in [0.1, 0.15) is 57.8 Å². The number of nitrogens with one attached hydrogen (secondary N) is 2. The quantitative estimate of drug-likeness (QED) is 0.135. The van der Waals surface area contributed by atoms with Crippen molar-refractivity contribution in [1.29, 1.82) is 0 Å². The zero-order valence-electron chi connectivity index (χ0n) is 26.4. The van der Waals surface area contributed by atoms with Crippen molar-refractivity contribution >= 4 is 51.9 Å². The zero-order valence-corrected chi connectivity index (χ0v) is 28.1. The number of hydrogen-bond donors (Lipinski definition) is 2. The van der Waals surface area contributed by atoms with Crippen molar-refractivity contribution in [2.75, 3.05) is 25.6 Å². The van der Waals surface area contributed by atoms with E-state index in [4.69, 9.17) is 14.2 Å². The van der Waals surface area contributed by atoms with Crippen molar-refractivity contribution in [3.8, 4) is 11.4 Å². The first-order valence-corrected chi connectivity index (χ1v) is 16.3. The molecule has 1 atom stereocenters. The molecular formula is C32H34FN5O7S2. The maximum absolute atomic E-state index is 13.8. The van der Waals surface area contributed by atoms with Gasteiger partial charge in [-0.15, -0.1) is 21.5 Å². The van der Waals surface area contributed by atoms with E-state index in [-0.39, 0.29) is 47.5 Å². The van der Waals surface area contributed by atoms with Gasteiger partial charge >= 0.3 is 11.9 Å². The average molecular weight is 684 g/mol. The SMILES string of the molecule is CCOC(=O)c1sc(NC(=O)[C@@H](C)Sc2nnc(CNC(=O)Cc3ccc(OC)cc3)n2-c2ccc(F)cc2)c(C(=O)OCC)c1C. The number of esters is 2. The highest BCUT2D eigenvalue weighted by molar-refractivity contribution is 8.00. The van der Waals surface area contributed by atoms with Crippen LogP contribution in [0.4, 0.5) is 9.39 Å². The first-order chi connectivity index (χ1) is 22.6. The molecule has 0 bridgehead atoms. The normalized spacial score (nSPS) is 11.4. The molecule has 0 aliphatic carbocycles. The number of ether oxygens (including phenoxy) is 3. The van der Waals surface area contributed by atoms with E-state index in [0.29, 0.717) is 28.0 Å². The Morgan fingerprint density at radius 1 is 0.979 bits per heavy atom. The first-order valence-electron chi connectivity index (χ1n) is 14.6. The third-order valence-electron chi connectivity index (χ3n) is 6.73. The van der Waals surface area contributed by atoms with Gasteiger partial charge in [0.25, 0.3) is 0 Å². The molecule has 0 unspecified atom stereocenters. The molecule has 4 rings (SSSR count). The Labute approximate surface area is 279 Å².